The Labute approximate surface area is 146 Å². The van der Waals surface area contributed by atoms with Gasteiger partial charge in [-0.05, 0) is 30.7 Å². The third-order valence-corrected chi connectivity index (χ3v) is 4.82. The zero-order chi connectivity index (χ0) is 17.5. The topological polar surface area (TPSA) is 73.6 Å². The molecule has 5 nitrogen and oxygen atoms in total. The largest absolute Gasteiger partial charge is 0.497 e. The van der Waals surface area contributed by atoms with E-state index in [0.29, 0.717) is 29.3 Å². The monoisotopic (exact) mass is 346 g/mol. The van der Waals surface area contributed by atoms with Crippen LogP contribution in [0.2, 0.25) is 0 Å². The fourth-order valence-electron chi connectivity index (χ4n) is 2.14. The average molecular weight is 346 g/mol. The first-order valence-electron chi connectivity index (χ1n) is 7.61. The minimum atomic E-state index is -0.203. The van der Waals surface area contributed by atoms with Gasteiger partial charge in [0.2, 0.25) is 5.91 Å². The number of thioether (sulfide) groups is 1. The number of carbonyl (C=O) groups excluding carboxylic acids is 1. The number of methoxy groups -OCH3 is 2. The normalized spacial score (nSPS) is 11.6. The number of nitrogen functional groups attached to an aromatic ring is 1. The van der Waals surface area contributed by atoms with Gasteiger partial charge in [-0.3, -0.25) is 4.79 Å². The van der Waals surface area contributed by atoms with Crippen LogP contribution in [-0.2, 0) is 4.79 Å². The fraction of sp³-hybridized carbons (Fsp3) is 0.278. The molecule has 1 unspecified atom stereocenters. The van der Waals surface area contributed by atoms with Gasteiger partial charge >= 0.3 is 0 Å². The van der Waals surface area contributed by atoms with Gasteiger partial charge in [-0.15, -0.1) is 11.8 Å². The van der Waals surface area contributed by atoms with Crippen molar-refractivity contribution >= 4 is 29.0 Å². The van der Waals surface area contributed by atoms with Crippen molar-refractivity contribution in [2.75, 3.05) is 25.3 Å². The summed E-state index contributed by atoms with van der Waals surface area (Å²) < 4.78 is 10.4. The molecule has 0 aliphatic rings. The van der Waals surface area contributed by atoms with E-state index in [4.69, 9.17) is 15.2 Å². The SMILES string of the molecule is CCC(Sc1ccc(N)cc1)C(=O)Nc1cc(OC)cc(OC)c1. The fourth-order valence-corrected chi connectivity index (χ4v) is 3.09. The van der Waals surface area contributed by atoms with Crippen molar-refractivity contribution in [3.63, 3.8) is 0 Å². The summed E-state index contributed by atoms with van der Waals surface area (Å²) >= 11 is 1.51. The van der Waals surface area contributed by atoms with E-state index in [0.717, 1.165) is 4.90 Å². The molecule has 0 spiro atoms. The van der Waals surface area contributed by atoms with Crippen LogP contribution in [0.15, 0.2) is 47.4 Å². The summed E-state index contributed by atoms with van der Waals surface area (Å²) in [5.41, 5.74) is 7.05. The molecule has 0 saturated heterocycles. The van der Waals surface area contributed by atoms with Gasteiger partial charge in [-0.2, -0.15) is 0 Å². The summed E-state index contributed by atoms with van der Waals surface area (Å²) in [6.07, 6.45) is 0.710. The lowest BCUT2D eigenvalue weighted by Crippen LogP contribution is -2.24. The van der Waals surface area contributed by atoms with E-state index in [1.807, 2.05) is 31.2 Å². The van der Waals surface area contributed by atoms with Gasteiger partial charge in [-0.1, -0.05) is 6.92 Å². The Morgan fingerprint density at radius 2 is 1.71 bits per heavy atom. The number of nitrogens with one attached hydrogen (secondary N) is 1. The van der Waals surface area contributed by atoms with E-state index >= 15 is 0 Å². The molecule has 0 fully saturated rings. The smallest absolute Gasteiger partial charge is 0.237 e. The van der Waals surface area contributed by atoms with Crippen LogP contribution in [0.5, 0.6) is 11.5 Å². The van der Waals surface area contributed by atoms with Crippen LogP contribution in [0.3, 0.4) is 0 Å². The standard InChI is InChI=1S/C18H22N2O3S/c1-4-17(24-16-7-5-12(19)6-8-16)18(21)20-13-9-14(22-2)11-15(10-13)23-3/h5-11,17H,4,19H2,1-3H3,(H,20,21). The number of anilines is 2. The zero-order valence-corrected chi connectivity index (χ0v) is 14.9. The summed E-state index contributed by atoms with van der Waals surface area (Å²) in [7, 11) is 3.15. The first-order chi connectivity index (χ1) is 11.5. The quantitative estimate of drug-likeness (QED) is 0.589. The van der Waals surface area contributed by atoms with E-state index in [-0.39, 0.29) is 11.2 Å². The molecule has 3 N–H and O–H groups in total. The molecule has 1 atom stereocenters. The Balaban J connectivity index is 2.10. The molecule has 6 heteroatoms. The van der Waals surface area contributed by atoms with Crippen LogP contribution in [0.1, 0.15) is 13.3 Å². The molecule has 2 rings (SSSR count). The highest BCUT2D eigenvalue weighted by molar-refractivity contribution is 8.00. The lowest BCUT2D eigenvalue weighted by molar-refractivity contribution is -0.115. The third kappa shape index (κ3) is 4.83. The molecule has 0 bridgehead atoms. The highest BCUT2D eigenvalue weighted by Crippen LogP contribution is 2.29. The molecular formula is C18H22N2O3S. The molecule has 0 radical (unpaired) electrons. The van der Waals surface area contributed by atoms with E-state index in [2.05, 4.69) is 5.32 Å². The number of nitrogens with two attached hydrogens (primary N) is 1. The lowest BCUT2D eigenvalue weighted by atomic mass is 10.2. The minimum absolute atomic E-state index is 0.0605. The lowest BCUT2D eigenvalue weighted by Gasteiger charge is -2.16. The van der Waals surface area contributed by atoms with Gasteiger partial charge in [0.15, 0.2) is 0 Å². The van der Waals surface area contributed by atoms with Crippen LogP contribution < -0.4 is 20.5 Å². The Bertz CT molecular complexity index is 667. The van der Waals surface area contributed by atoms with Gasteiger partial charge in [0.1, 0.15) is 11.5 Å². The zero-order valence-electron chi connectivity index (χ0n) is 14.0. The van der Waals surface area contributed by atoms with Crippen molar-refractivity contribution in [1.29, 1.82) is 0 Å². The maximum absolute atomic E-state index is 12.6. The van der Waals surface area contributed by atoms with Crippen molar-refractivity contribution in [1.82, 2.24) is 0 Å². The van der Waals surface area contributed by atoms with Crippen molar-refractivity contribution in [3.05, 3.63) is 42.5 Å². The number of carbonyl (C=O) groups is 1. The van der Waals surface area contributed by atoms with Crippen LogP contribution in [-0.4, -0.2) is 25.4 Å². The second kappa shape index (κ2) is 8.49. The molecule has 0 saturated carbocycles. The number of benzene rings is 2. The van der Waals surface area contributed by atoms with Gasteiger partial charge in [0.25, 0.3) is 0 Å². The number of hydrogen-bond acceptors (Lipinski definition) is 5. The number of ether oxygens (including phenoxy) is 2. The average Bonchev–Trinajstić information content (AvgIpc) is 2.60. The molecule has 1 amide bonds. The molecule has 128 valence electrons. The number of amides is 1. The molecule has 24 heavy (non-hydrogen) atoms. The second-order valence-corrected chi connectivity index (χ2v) is 6.45. The maximum atomic E-state index is 12.6. The molecule has 0 heterocycles. The number of hydrogen-bond donors (Lipinski definition) is 2. The summed E-state index contributed by atoms with van der Waals surface area (Å²) in [6.45, 7) is 1.99. The Hall–Kier alpha value is -2.34. The Kier molecular flexibility index (Phi) is 6.37. The van der Waals surface area contributed by atoms with Gasteiger partial charge in [-0.25, -0.2) is 0 Å². The molecule has 0 aromatic heterocycles. The maximum Gasteiger partial charge on any atom is 0.237 e. The highest BCUT2D eigenvalue weighted by Gasteiger charge is 2.18. The predicted octanol–water partition coefficient (Wildman–Crippen LogP) is 3.80. The van der Waals surface area contributed by atoms with E-state index < -0.39 is 0 Å². The van der Waals surface area contributed by atoms with Crippen molar-refractivity contribution in [2.45, 2.75) is 23.5 Å². The van der Waals surface area contributed by atoms with Crippen LogP contribution in [0.25, 0.3) is 0 Å². The first kappa shape index (κ1) is 18.0. The van der Waals surface area contributed by atoms with Crippen LogP contribution in [0.4, 0.5) is 11.4 Å². The summed E-state index contributed by atoms with van der Waals surface area (Å²) in [6, 6.07) is 12.8. The summed E-state index contributed by atoms with van der Waals surface area (Å²) in [5.74, 6) is 1.20. The Morgan fingerprint density at radius 3 is 2.21 bits per heavy atom. The molecule has 2 aromatic carbocycles. The molecular weight excluding hydrogens is 324 g/mol. The van der Waals surface area contributed by atoms with Gasteiger partial charge < -0.3 is 20.5 Å². The van der Waals surface area contributed by atoms with Gasteiger partial charge in [0, 0.05) is 34.5 Å². The predicted molar refractivity (Wildman–Crippen MR) is 99.0 cm³/mol. The number of rotatable bonds is 7. The second-order valence-electron chi connectivity index (χ2n) is 5.17. The van der Waals surface area contributed by atoms with Crippen LogP contribution in [0, 0.1) is 0 Å². The van der Waals surface area contributed by atoms with Crippen molar-refractivity contribution in [3.8, 4) is 11.5 Å². The van der Waals surface area contributed by atoms with Crippen LogP contribution >= 0.6 is 11.8 Å². The third-order valence-electron chi connectivity index (χ3n) is 3.44. The van der Waals surface area contributed by atoms with E-state index in [1.54, 1.807) is 32.4 Å². The summed E-state index contributed by atoms with van der Waals surface area (Å²) in [5, 5.41) is 2.73. The highest BCUT2D eigenvalue weighted by atomic mass is 32.2. The van der Waals surface area contributed by atoms with Gasteiger partial charge in [0.05, 0.1) is 19.5 Å². The van der Waals surface area contributed by atoms with Crippen molar-refractivity contribution in [2.24, 2.45) is 0 Å². The van der Waals surface area contributed by atoms with E-state index in [9.17, 15) is 4.79 Å². The summed E-state index contributed by atoms with van der Waals surface area (Å²) in [4.78, 5) is 13.6. The van der Waals surface area contributed by atoms with Crippen molar-refractivity contribution < 1.29 is 14.3 Å². The molecule has 0 aliphatic heterocycles. The Morgan fingerprint density at radius 1 is 1.12 bits per heavy atom. The molecule has 0 aliphatic carbocycles. The minimum Gasteiger partial charge on any atom is -0.497 e. The molecule has 2 aromatic rings. The van der Waals surface area contributed by atoms with E-state index in [1.165, 1.54) is 11.8 Å². The first-order valence-corrected chi connectivity index (χ1v) is 8.49.